The van der Waals surface area contributed by atoms with Gasteiger partial charge in [-0.15, -0.1) is 59.3 Å². The normalized spacial score (nSPS) is 16.7. The van der Waals surface area contributed by atoms with E-state index < -0.39 is 0 Å². The van der Waals surface area contributed by atoms with Gasteiger partial charge in [0, 0.05) is 19.0 Å². The summed E-state index contributed by atoms with van der Waals surface area (Å²) in [5.74, 6) is 0. The molecular formula is C29H32Si2Zr. The van der Waals surface area contributed by atoms with Crippen molar-refractivity contribution in [2.24, 2.45) is 0 Å². The van der Waals surface area contributed by atoms with Crippen LogP contribution in [0.1, 0.15) is 51.4 Å². The Hall–Kier alpha value is -1.15. The third kappa shape index (κ3) is 6.04. The summed E-state index contributed by atoms with van der Waals surface area (Å²) in [6, 6.07) is 26.8. The number of hydrogen-bond donors (Lipinski definition) is 0. The molecule has 0 bridgehead atoms. The first-order chi connectivity index (χ1) is 15.9. The van der Waals surface area contributed by atoms with Gasteiger partial charge < -0.3 is 0 Å². The quantitative estimate of drug-likeness (QED) is 0.211. The van der Waals surface area contributed by atoms with E-state index in [0.717, 1.165) is 30.1 Å². The molecule has 0 amide bonds. The van der Waals surface area contributed by atoms with Crippen molar-refractivity contribution in [3.05, 3.63) is 72.8 Å². The van der Waals surface area contributed by atoms with Crippen LogP contribution < -0.4 is 10.4 Å². The molecule has 0 spiro atoms. The maximum Gasteiger partial charge on any atom is 0.00924 e. The van der Waals surface area contributed by atoms with E-state index in [1.54, 1.807) is 10.4 Å². The Morgan fingerprint density at radius 3 is 1.41 bits per heavy atom. The first kappa shape index (κ1) is 24.0. The van der Waals surface area contributed by atoms with Crippen LogP contribution in [0.4, 0.5) is 0 Å². The summed E-state index contributed by atoms with van der Waals surface area (Å²) in [6.07, 6.45) is 11.6. The van der Waals surface area contributed by atoms with Crippen LogP contribution in [0.2, 0.25) is 11.1 Å². The molecule has 0 unspecified atom stereocenters. The molecule has 4 aromatic rings. The van der Waals surface area contributed by atoms with Gasteiger partial charge in [0.1, 0.15) is 0 Å². The van der Waals surface area contributed by atoms with Crippen LogP contribution in [0.3, 0.4) is 0 Å². The zero-order chi connectivity index (χ0) is 22.2. The molecule has 2 fully saturated rings. The first-order valence-electron chi connectivity index (χ1n) is 12.0. The molecule has 160 valence electrons. The minimum atomic E-state index is 0.982. The number of hydrogen-bond acceptors (Lipinski definition) is 0. The van der Waals surface area contributed by atoms with Crippen molar-refractivity contribution in [2.75, 3.05) is 0 Å². The van der Waals surface area contributed by atoms with Crippen LogP contribution in [0.5, 0.6) is 0 Å². The van der Waals surface area contributed by atoms with Crippen LogP contribution in [0, 0.1) is 0 Å². The predicted molar refractivity (Wildman–Crippen MR) is 141 cm³/mol. The number of fused-ring (bicyclic) bond motifs is 2. The van der Waals surface area contributed by atoms with Gasteiger partial charge in [-0.2, -0.15) is 33.3 Å². The molecule has 0 N–H and O–H groups in total. The van der Waals surface area contributed by atoms with Crippen molar-refractivity contribution >= 4 is 55.2 Å². The zero-order valence-electron chi connectivity index (χ0n) is 18.9. The van der Waals surface area contributed by atoms with Crippen LogP contribution in [-0.2, 0) is 24.2 Å². The smallest absolute Gasteiger partial charge is 0.00924 e. The van der Waals surface area contributed by atoms with Crippen LogP contribution in [0.25, 0.3) is 21.5 Å². The largest absolute Gasteiger partial charge is 0.161 e. The van der Waals surface area contributed by atoms with E-state index >= 15 is 0 Å². The van der Waals surface area contributed by atoms with Gasteiger partial charge in [-0.25, -0.2) is 0 Å². The second-order valence-corrected chi connectivity index (χ2v) is 12.2. The summed E-state index contributed by atoms with van der Waals surface area (Å²) < 4.78 is 3.34. The SMILES string of the molecule is [CH2]=[Zr+2].c1ccc2c([Si]C3CCCC3)c[cH-]c2c1.c1ccc2c([Si]C3CCCC3)c[cH-]c2c1. The molecule has 6 rings (SSSR count). The second-order valence-electron chi connectivity index (χ2n) is 8.92. The molecule has 32 heavy (non-hydrogen) atoms. The predicted octanol–water partition coefficient (Wildman–Crippen LogP) is 6.47. The fourth-order valence-electron chi connectivity index (χ4n) is 5.13. The molecule has 0 saturated heterocycles. The fraction of sp³-hybridized carbons (Fsp3) is 0.345. The molecule has 0 aliphatic heterocycles. The van der Waals surface area contributed by atoms with Crippen LogP contribution in [0.15, 0.2) is 72.8 Å². The van der Waals surface area contributed by atoms with Gasteiger partial charge in [-0.1, -0.05) is 74.6 Å². The maximum absolute atomic E-state index is 3.34. The van der Waals surface area contributed by atoms with Crippen molar-refractivity contribution in [3.8, 4) is 0 Å². The zero-order valence-corrected chi connectivity index (χ0v) is 23.4. The molecule has 3 heteroatoms. The molecule has 0 aromatic heterocycles. The molecule has 4 aromatic carbocycles. The van der Waals surface area contributed by atoms with Gasteiger partial charge in [0.25, 0.3) is 0 Å². The van der Waals surface area contributed by atoms with E-state index in [2.05, 4.69) is 77.0 Å². The van der Waals surface area contributed by atoms with E-state index in [-0.39, 0.29) is 0 Å². The monoisotopic (exact) mass is 526 g/mol. The average molecular weight is 528 g/mol. The molecule has 2 saturated carbocycles. The summed E-state index contributed by atoms with van der Waals surface area (Å²) >= 11 is 1.30. The Kier molecular flexibility index (Phi) is 9.26. The molecule has 0 nitrogen and oxygen atoms in total. The third-order valence-corrected chi connectivity index (χ3v) is 10.3. The first-order valence-corrected chi connectivity index (χ1v) is 15.9. The van der Waals surface area contributed by atoms with E-state index in [9.17, 15) is 0 Å². The van der Waals surface area contributed by atoms with Gasteiger partial charge >= 0.3 is 28.4 Å². The third-order valence-electron chi connectivity index (χ3n) is 6.79. The van der Waals surface area contributed by atoms with Crippen LogP contribution >= 0.6 is 0 Å². The Labute approximate surface area is 213 Å². The van der Waals surface area contributed by atoms with E-state index in [1.165, 1.54) is 97.1 Å². The van der Waals surface area contributed by atoms with Gasteiger partial charge in [0.15, 0.2) is 0 Å². The Morgan fingerprint density at radius 1 is 0.625 bits per heavy atom. The molecule has 2 aliphatic carbocycles. The summed E-state index contributed by atoms with van der Waals surface area (Å²) in [5, 5.41) is 9.00. The molecule has 0 heterocycles. The minimum Gasteiger partial charge on any atom is -0.161 e. The van der Waals surface area contributed by atoms with Crippen molar-refractivity contribution in [3.63, 3.8) is 0 Å². The Balaban J connectivity index is 0.000000142. The van der Waals surface area contributed by atoms with Crippen molar-refractivity contribution < 1.29 is 24.2 Å². The summed E-state index contributed by atoms with van der Waals surface area (Å²) in [7, 11) is 2.07. The molecule has 0 atom stereocenters. The summed E-state index contributed by atoms with van der Waals surface area (Å²) in [5.41, 5.74) is 1.96. The van der Waals surface area contributed by atoms with Crippen molar-refractivity contribution in [1.82, 2.24) is 0 Å². The topological polar surface area (TPSA) is 0 Å². The van der Waals surface area contributed by atoms with Crippen molar-refractivity contribution in [2.45, 2.75) is 62.4 Å². The van der Waals surface area contributed by atoms with Gasteiger partial charge in [-0.3, -0.25) is 0 Å². The minimum absolute atomic E-state index is 0.982. The average Bonchev–Trinajstić information content (AvgIpc) is 3.66. The summed E-state index contributed by atoms with van der Waals surface area (Å²) in [6.45, 7) is 0. The van der Waals surface area contributed by atoms with E-state index in [1.807, 2.05) is 0 Å². The Morgan fingerprint density at radius 2 is 1.00 bits per heavy atom. The van der Waals surface area contributed by atoms with Gasteiger partial charge in [-0.05, 0) is 0 Å². The number of rotatable bonds is 4. The van der Waals surface area contributed by atoms with E-state index in [4.69, 9.17) is 0 Å². The Bertz CT molecular complexity index is 1010. The van der Waals surface area contributed by atoms with Crippen molar-refractivity contribution in [1.29, 1.82) is 0 Å². The fourth-order valence-corrected chi connectivity index (χ4v) is 8.53. The standard InChI is InChI=1S/2C14H15Si.CH2.Zr/c2*1-4-8-13-11(5-1)9-10-14(13)15-12-6-2-3-7-12;;/h2*1,4-5,8-10,12H,2-3,6-7H2;1H2;/q2*-1;;+2. The second kappa shape index (κ2) is 12.3. The number of benzene rings is 2. The summed E-state index contributed by atoms with van der Waals surface area (Å²) in [4.78, 5) is 0. The maximum atomic E-state index is 3.34. The molecular weight excluding hydrogens is 496 g/mol. The van der Waals surface area contributed by atoms with E-state index in [0.29, 0.717) is 0 Å². The van der Waals surface area contributed by atoms with Gasteiger partial charge in [0.05, 0.1) is 0 Å². The molecule has 4 radical (unpaired) electrons. The van der Waals surface area contributed by atoms with Gasteiger partial charge in [0.2, 0.25) is 0 Å². The molecule has 2 aliphatic rings. The van der Waals surface area contributed by atoms with Crippen LogP contribution in [-0.4, -0.2) is 23.3 Å².